The number of aliphatic hydroxyl groups excluding tert-OH is 3. The van der Waals surface area contributed by atoms with E-state index >= 15 is 0 Å². The maximum Gasteiger partial charge on any atom is 0.408 e. The molecule has 0 unspecified atom stereocenters. The topological polar surface area (TPSA) is 580 Å². The lowest BCUT2D eigenvalue weighted by Gasteiger charge is -2.31. The number of guanidine groups is 1. The second-order valence-corrected chi connectivity index (χ2v) is 31.0. The highest BCUT2D eigenvalue weighted by Gasteiger charge is 2.41. The third-order valence-electron chi connectivity index (χ3n) is 16.7. The van der Waals surface area contributed by atoms with E-state index in [1.54, 1.807) is 127 Å². The molecule has 0 heterocycles. The number of benzene rings is 2. The first-order valence-corrected chi connectivity index (χ1v) is 37.3. The summed E-state index contributed by atoms with van der Waals surface area (Å²) in [5.41, 5.74) is 15.4. The largest absolute Gasteiger partial charge is 0.480 e. The van der Waals surface area contributed by atoms with Crippen LogP contribution < -0.4 is 80.4 Å². The first-order valence-electron chi connectivity index (χ1n) is 37.3. The number of carboxylic acid groups (broad SMARTS) is 1. The van der Waals surface area contributed by atoms with E-state index in [1.807, 2.05) is 13.8 Å². The number of nitrogens with one attached hydrogen (secondary N) is 11. The maximum absolute atomic E-state index is 14.4. The summed E-state index contributed by atoms with van der Waals surface area (Å²) < 4.78 is 22.1. The molecule has 628 valence electrons. The minimum atomic E-state index is -2.51. The molecular formula is C75H121N15O22. The van der Waals surface area contributed by atoms with Crippen molar-refractivity contribution in [2.24, 2.45) is 51.8 Å². The molecule has 0 spiro atoms. The number of carbonyl (C=O) groups excluding carboxylic acids is 13. The molecule has 0 saturated heterocycles. The number of esters is 1. The van der Waals surface area contributed by atoms with Crippen molar-refractivity contribution in [1.29, 1.82) is 0 Å². The Hall–Kier alpha value is -10.3. The zero-order chi connectivity index (χ0) is 85.2. The molecule has 112 heavy (non-hydrogen) atoms. The van der Waals surface area contributed by atoms with Crippen molar-refractivity contribution in [1.82, 2.24) is 58.5 Å². The fourth-order valence-electron chi connectivity index (χ4n) is 10.7. The van der Waals surface area contributed by atoms with Crippen LogP contribution in [-0.4, -0.2) is 219 Å². The number of aliphatic imine (C=N–C) groups is 1. The number of carbonyl (C=O) groups is 14. The number of hydrogen-bond donors (Lipinski definition) is 18. The standard InChI is InChI=1S/C75H121N15O22/c1-18-42(10)54(88-61(96)47(28-23-29-79-71(77)78)81-62(97)49(31-39(4)5)83-67(102)56(58(93)41(8)9)90-73(108)112-75(15,16)17)66(101)89-55(43(11)91)65(100)80-35-53(92)87-57(59(94)60(76)95)68(103)85-52(37-110-74(12,13)14)70(106)111-46-27-22-26-45(33-46)34-51(69(104)105)84-63(98)48(30-38(2)3)82-64(99)50(32-40(6)7)86-72(107)109-36-44-24-20-19-21-25-44/h19-22,24-27,33,38-43,47-52,54-59,91,93-94H,18,23,28-32,34-37H2,1-17H3,(H2,76,95)(H,80,100)(H,81,97)(H,82,99)(H,83,102)(H,84,98)(H,85,103)(H,86,107)(H,87,92)(H,88,96)(H,89,101)(H,90,108)(H,104,105)(H4,77,78,79)/t42-,43+,47+,48-,49-,50+,51-,52-,54-,55-,56-,57-,58+,59-/m0/s1. The Bertz CT molecular complexity index is 3510. The first kappa shape index (κ1) is 97.8. The first-order chi connectivity index (χ1) is 52.0. The Kier molecular flexibility index (Phi) is 41.2. The molecule has 2 aromatic carbocycles. The summed E-state index contributed by atoms with van der Waals surface area (Å²) >= 11 is 0. The molecule has 37 heteroatoms. The van der Waals surface area contributed by atoms with Crippen LogP contribution in [0.25, 0.3) is 0 Å². The number of hydrogen-bond acceptors (Lipinski definition) is 22. The molecule has 0 aromatic heterocycles. The fourth-order valence-corrected chi connectivity index (χ4v) is 10.7. The van der Waals surface area contributed by atoms with Crippen LogP contribution in [0, 0.1) is 29.6 Å². The van der Waals surface area contributed by atoms with E-state index in [0.29, 0.717) is 5.56 Å². The Labute approximate surface area is 653 Å². The van der Waals surface area contributed by atoms with Crippen LogP contribution in [-0.2, 0) is 84.8 Å². The van der Waals surface area contributed by atoms with E-state index in [2.05, 4.69) is 63.5 Å². The number of nitrogens with zero attached hydrogens (tertiary/aromatic N) is 1. The normalized spacial score (nSPS) is 15.3. The molecule has 12 amide bonds. The van der Waals surface area contributed by atoms with Gasteiger partial charge in [0.1, 0.15) is 72.3 Å². The Morgan fingerprint density at radius 3 is 1.50 bits per heavy atom. The lowest BCUT2D eigenvalue weighted by Crippen LogP contribution is -2.62. The number of rotatable bonds is 46. The molecule has 0 radical (unpaired) electrons. The van der Waals surface area contributed by atoms with Crippen LogP contribution in [0.4, 0.5) is 9.59 Å². The van der Waals surface area contributed by atoms with E-state index in [9.17, 15) is 87.5 Å². The van der Waals surface area contributed by atoms with Crippen LogP contribution in [0.3, 0.4) is 0 Å². The third-order valence-corrected chi connectivity index (χ3v) is 16.7. The molecule has 0 aliphatic carbocycles. The van der Waals surface area contributed by atoms with E-state index in [-0.39, 0.29) is 86.7 Å². The average Bonchev–Trinajstić information content (AvgIpc) is 0.808. The zero-order valence-corrected chi connectivity index (χ0v) is 67.2. The molecule has 37 nitrogen and oxygen atoms in total. The van der Waals surface area contributed by atoms with Crippen molar-refractivity contribution in [2.75, 3.05) is 19.7 Å². The molecule has 0 aliphatic heterocycles. The minimum absolute atomic E-state index is 0.0148. The van der Waals surface area contributed by atoms with Gasteiger partial charge < -0.3 is 115 Å². The number of ether oxygens (including phenoxy) is 4. The monoisotopic (exact) mass is 1580 g/mol. The van der Waals surface area contributed by atoms with Gasteiger partial charge in [0.15, 0.2) is 18.1 Å². The highest BCUT2D eigenvalue weighted by Crippen LogP contribution is 2.20. The van der Waals surface area contributed by atoms with E-state index < -0.39 is 205 Å². The summed E-state index contributed by atoms with van der Waals surface area (Å²) in [4.78, 5) is 195. The van der Waals surface area contributed by atoms with Gasteiger partial charge in [-0.3, -0.25) is 52.9 Å². The molecule has 0 bridgehead atoms. The Morgan fingerprint density at radius 1 is 0.509 bits per heavy atom. The van der Waals surface area contributed by atoms with Crippen molar-refractivity contribution < 1.29 is 106 Å². The van der Waals surface area contributed by atoms with Crippen LogP contribution >= 0.6 is 0 Å². The van der Waals surface area contributed by atoms with Gasteiger partial charge in [-0.15, -0.1) is 0 Å². The van der Waals surface area contributed by atoms with E-state index in [4.69, 9.17) is 36.1 Å². The van der Waals surface area contributed by atoms with Crippen LogP contribution in [0.5, 0.6) is 5.75 Å². The molecule has 0 fully saturated rings. The van der Waals surface area contributed by atoms with Crippen LogP contribution in [0.2, 0.25) is 0 Å². The van der Waals surface area contributed by atoms with Gasteiger partial charge in [0.05, 0.1) is 31.0 Å². The summed E-state index contributed by atoms with van der Waals surface area (Å²) in [6.07, 6.45) is -7.70. The van der Waals surface area contributed by atoms with E-state index in [0.717, 1.165) is 6.92 Å². The minimum Gasteiger partial charge on any atom is -0.480 e. The zero-order valence-electron chi connectivity index (χ0n) is 67.2. The number of carboxylic acids is 1. The molecular weight excluding hydrogens is 1460 g/mol. The number of aliphatic carboxylic acids is 1. The van der Waals surface area contributed by atoms with Gasteiger partial charge in [-0.2, -0.15) is 0 Å². The summed E-state index contributed by atoms with van der Waals surface area (Å²) in [6.45, 7) is 26.0. The van der Waals surface area contributed by atoms with Crippen molar-refractivity contribution in [3.05, 3.63) is 65.7 Å². The van der Waals surface area contributed by atoms with Gasteiger partial charge >= 0.3 is 24.1 Å². The summed E-state index contributed by atoms with van der Waals surface area (Å²) in [7, 11) is 0. The van der Waals surface area contributed by atoms with Crippen molar-refractivity contribution in [2.45, 2.75) is 259 Å². The molecule has 14 atom stereocenters. The van der Waals surface area contributed by atoms with E-state index in [1.165, 1.54) is 24.3 Å². The number of alkyl carbamates (subject to hydrolysis) is 2. The Morgan fingerprint density at radius 2 is 1.00 bits per heavy atom. The van der Waals surface area contributed by atoms with Crippen molar-refractivity contribution >= 4 is 89.2 Å². The predicted molar refractivity (Wildman–Crippen MR) is 410 cm³/mol. The predicted octanol–water partition coefficient (Wildman–Crippen LogP) is -0.301. The van der Waals surface area contributed by atoms with Gasteiger partial charge in [0.25, 0.3) is 0 Å². The molecule has 2 aromatic rings. The highest BCUT2D eigenvalue weighted by molar-refractivity contribution is 5.99. The third kappa shape index (κ3) is 37.2. The summed E-state index contributed by atoms with van der Waals surface area (Å²) in [5, 5.41) is 70.1. The van der Waals surface area contributed by atoms with Gasteiger partial charge in [0, 0.05) is 13.0 Å². The fraction of sp³-hybridized carbons (Fsp3) is 0.640. The lowest BCUT2D eigenvalue weighted by molar-refractivity contribution is -0.145. The Balaban J connectivity index is 2.39. The highest BCUT2D eigenvalue weighted by atomic mass is 16.6. The average molecular weight is 1580 g/mol. The van der Waals surface area contributed by atoms with Crippen LogP contribution in [0.1, 0.15) is 167 Å². The van der Waals surface area contributed by atoms with Gasteiger partial charge in [-0.1, -0.05) is 118 Å². The van der Waals surface area contributed by atoms with Crippen molar-refractivity contribution in [3.63, 3.8) is 0 Å². The molecule has 21 N–H and O–H groups in total. The van der Waals surface area contributed by atoms with Crippen molar-refractivity contribution in [3.8, 4) is 5.75 Å². The van der Waals surface area contributed by atoms with Gasteiger partial charge in [0.2, 0.25) is 59.1 Å². The second-order valence-electron chi connectivity index (χ2n) is 31.0. The van der Waals surface area contributed by atoms with Gasteiger partial charge in [-0.05, 0) is 133 Å². The van der Waals surface area contributed by atoms with Gasteiger partial charge in [-0.25, -0.2) is 19.2 Å². The van der Waals surface area contributed by atoms with Crippen LogP contribution in [0.15, 0.2) is 59.6 Å². The molecule has 0 aliphatic rings. The summed E-state index contributed by atoms with van der Waals surface area (Å²) in [6, 6.07) is -1.81. The number of amides is 12. The SMILES string of the molecule is CC[C@H](C)[C@H](NC(=O)[C@@H](CCCN=C(N)N)NC(=O)[C@H](CC(C)C)NC(=O)[C@@H](NC(=O)OC(C)(C)C)[C@H](O)C(C)C)C(=O)N[C@H](C(=O)NCC(=O)N[C@H](C(=O)N[C@@H](COC(C)(C)C)C(=O)Oc1cccc(C[C@H](NC(=O)[C@H](CC(C)C)NC(=O)[C@@H](CC(C)C)NC(=O)OCc2ccccc2)C(=O)O)c1)[C@H](O)C(N)=O)[C@@H](C)O. The quantitative estimate of drug-likeness (QED) is 0.0133. The lowest BCUT2D eigenvalue weighted by atomic mass is 9.96. The summed E-state index contributed by atoms with van der Waals surface area (Å²) in [5.74, 6) is -16.0. The second kappa shape index (κ2) is 47.2. The maximum atomic E-state index is 14.4. The number of primary amides is 1. The number of aliphatic hydroxyl groups is 3. The number of nitrogens with two attached hydrogens (primary N) is 3. The smallest absolute Gasteiger partial charge is 0.408 e. The molecule has 0 saturated carbocycles. The molecule has 2 rings (SSSR count).